The molecule has 0 aromatic heterocycles. The van der Waals surface area contributed by atoms with Gasteiger partial charge in [-0.3, -0.25) is 9.35 Å². The molecule has 8 heteroatoms. The molecule has 1 aliphatic rings. The summed E-state index contributed by atoms with van der Waals surface area (Å²) in [6.07, 6.45) is 3.39. The number of aromatic hydroxyl groups is 1. The molecule has 2 aromatic rings. The molecule has 27 heavy (non-hydrogen) atoms. The summed E-state index contributed by atoms with van der Waals surface area (Å²) in [6.45, 7) is 0. The van der Waals surface area contributed by atoms with E-state index < -0.39 is 38.1 Å². The number of benzene rings is 2. The van der Waals surface area contributed by atoms with Gasteiger partial charge in [-0.15, -0.1) is 0 Å². The van der Waals surface area contributed by atoms with Gasteiger partial charge in [0.2, 0.25) is 0 Å². The summed E-state index contributed by atoms with van der Waals surface area (Å²) in [7, 11) is -4.62. The quantitative estimate of drug-likeness (QED) is 0.750. The van der Waals surface area contributed by atoms with Gasteiger partial charge in [-0.2, -0.15) is 8.42 Å². The molecule has 0 amide bonds. The van der Waals surface area contributed by atoms with Gasteiger partial charge in [-0.1, -0.05) is 54.0 Å². The first kappa shape index (κ1) is 18.4. The molecule has 3 rings (SSSR count). The van der Waals surface area contributed by atoms with Crippen molar-refractivity contribution in [2.45, 2.75) is 4.90 Å². The van der Waals surface area contributed by atoms with Gasteiger partial charge in [0.05, 0.1) is 0 Å². The molecule has 2 N–H and O–H groups in total. The number of ketones is 1. The van der Waals surface area contributed by atoms with E-state index in [1.54, 1.807) is 0 Å². The monoisotopic (exact) mass is 384 g/mol. The van der Waals surface area contributed by atoms with E-state index >= 15 is 0 Å². The average Bonchev–Trinajstić information content (AvgIpc) is 2.61. The van der Waals surface area contributed by atoms with Crippen molar-refractivity contribution in [3.05, 3.63) is 83.2 Å². The lowest BCUT2D eigenvalue weighted by molar-refractivity contribution is -0.297. The molecule has 0 fully saturated rings. The van der Waals surface area contributed by atoms with Crippen LogP contribution in [0.2, 0.25) is 0 Å². The van der Waals surface area contributed by atoms with Gasteiger partial charge < -0.3 is 15.3 Å². The van der Waals surface area contributed by atoms with E-state index in [0.29, 0.717) is 0 Å². The Morgan fingerprint density at radius 2 is 1.70 bits per heavy atom. The number of allylic oxidation sites excluding steroid dienone is 4. The molecular weight excluding hydrogens is 372 g/mol. The fourth-order valence-electron chi connectivity index (χ4n) is 2.71. The lowest BCUT2D eigenvalue weighted by Crippen LogP contribution is -2.16. The molecule has 2 aromatic carbocycles. The van der Waals surface area contributed by atoms with Crippen molar-refractivity contribution in [3.63, 3.8) is 0 Å². The Kier molecular flexibility index (Phi) is 4.61. The Hall–Kier alpha value is -3.36. The Morgan fingerprint density at radius 1 is 1.00 bits per heavy atom. The van der Waals surface area contributed by atoms with Crippen LogP contribution in [-0.2, 0) is 14.9 Å². The third kappa shape index (κ3) is 3.62. The number of hydrogen-bond donors (Lipinski definition) is 2. The topological polar surface area (TPSA) is 138 Å². The van der Waals surface area contributed by atoms with Gasteiger partial charge in [0.1, 0.15) is 10.6 Å². The smallest absolute Gasteiger partial charge is 0.295 e. The maximum absolute atomic E-state index is 11.8. The minimum absolute atomic E-state index is 0.0381. The first-order valence-corrected chi connectivity index (χ1v) is 9.05. The summed E-state index contributed by atoms with van der Waals surface area (Å²) in [5.41, 5.74) is 0.599. The molecule has 0 atom stereocenters. The van der Waals surface area contributed by atoms with Crippen LogP contribution < -0.4 is 10.2 Å². The zero-order valence-corrected chi connectivity index (χ0v) is 14.4. The summed E-state index contributed by atoms with van der Waals surface area (Å²) < 4.78 is 33.1. The molecule has 0 bridgehead atoms. The Morgan fingerprint density at radius 3 is 2.33 bits per heavy atom. The van der Waals surface area contributed by atoms with Crippen LogP contribution in [0.5, 0.6) is 11.5 Å². The fraction of sp³-hybridized carbons (Fsp3) is 0. The van der Waals surface area contributed by atoms with Gasteiger partial charge in [-0.25, -0.2) is 0 Å². The first-order valence-electron chi connectivity index (χ1n) is 7.61. The predicted molar refractivity (Wildman–Crippen MR) is 92.1 cm³/mol. The van der Waals surface area contributed by atoms with Crippen molar-refractivity contribution < 1.29 is 33.1 Å². The standard InChI is InChI=1S/C19H14O7S/c20-14-7-5-11(9-16(14)22)19(12-6-8-15(21)17(23)10-12)13-3-1-2-4-18(13)27(24,25)26/h1-10,20,22-23H,(H,24,25,26)/p-2. The maximum atomic E-state index is 11.8. The van der Waals surface area contributed by atoms with E-state index in [1.165, 1.54) is 36.4 Å². The molecule has 0 radical (unpaired) electrons. The highest BCUT2D eigenvalue weighted by atomic mass is 32.2. The van der Waals surface area contributed by atoms with Crippen molar-refractivity contribution in [2.24, 2.45) is 0 Å². The molecule has 0 aliphatic heterocycles. The number of phenolic OH excluding ortho intramolecular Hbond substituents is 1. The van der Waals surface area contributed by atoms with Crippen LogP contribution in [0.3, 0.4) is 0 Å². The molecule has 0 spiro atoms. The first-order chi connectivity index (χ1) is 12.7. The zero-order chi connectivity index (χ0) is 19.8. The van der Waals surface area contributed by atoms with E-state index in [0.717, 1.165) is 24.3 Å². The summed E-state index contributed by atoms with van der Waals surface area (Å²) in [5, 5.41) is 33.1. The van der Waals surface area contributed by atoms with Crippen molar-refractivity contribution in [1.82, 2.24) is 0 Å². The average molecular weight is 384 g/mol. The molecule has 0 heterocycles. The molecule has 0 saturated heterocycles. The van der Waals surface area contributed by atoms with Crippen LogP contribution >= 0.6 is 0 Å². The Balaban J connectivity index is 2.40. The summed E-state index contributed by atoms with van der Waals surface area (Å²) in [6, 6.07) is 9.04. The number of phenols is 1. The predicted octanol–water partition coefficient (Wildman–Crippen LogP) is 0.897. The minimum Gasteiger partial charge on any atom is -0.870 e. The number of carbonyl (C=O) groups is 1. The van der Waals surface area contributed by atoms with E-state index in [4.69, 9.17) is 0 Å². The molecule has 138 valence electrons. The minimum atomic E-state index is -4.62. The van der Waals surface area contributed by atoms with E-state index in [1.807, 2.05) is 0 Å². The summed E-state index contributed by atoms with van der Waals surface area (Å²) in [4.78, 5) is 11.0. The molecule has 0 saturated carbocycles. The normalized spacial score (nSPS) is 16.2. The molecule has 1 aliphatic carbocycles. The molecule has 7 nitrogen and oxygen atoms in total. The highest BCUT2D eigenvalue weighted by Crippen LogP contribution is 2.36. The van der Waals surface area contributed by atoms with E-state index in [-0.39, 0.29) is 22.3 Å². The van der Waals surface area contributed by atoms with E-state index in [9.17, 15) is 33.1 Å². The van der Waals surface area contributed by atoms with Gasteiger partial charge >= 0.3 is 0 Å². The third-order valence-electron chi connectivity index (χ3n) is 3.91. The van der Waals surface area contributed by atoms with Crippen LogP contribution in [0.1, 0.15) is 11.1 Å². The van der Waals surface area contributed by atoms with Crippen LogP contribution in [0.15, 0.2) is 76.9 Å². The van der Waals surface area contributed by atoms with Crippen LogP contribution in [0.25, 0.3) is 5.57 Å². The second-order valence-corrected chi connectivity index (χ2v) is 7.08. The number of hydrogen-bond acceptors (Lipinski definition) is 6. The van der Waals surface area contributed by atoms with Gasteiger partial charge in [0, 0.05) is 5.56 Å². The second-order valence-electron chi connectivity index (χ2n) is 5.69. The largest absolute Gasteiger partial charge is 0.870 e. The molecule has 0 unspecified atom stereocenters. The van der Waals surface area contributed by atoms with E-state index in [2.05, 4.69) is 0 Å². The van der Waals surface area contributed by atoms with Crippen LogP contribution in [0, 0.1) is 0 Å². The number of carbonyl (C=O) groups excluding carboxylic acids is 1. The summed E-state index contributed by atoms with van der Waals surface area (Å²) >= 11 is 0. The van der Waals surface area contributed by atoms with Gasteiger partial charge in [0.15, 0.2) is 5.78 Å². The van der Waals surface area contributed by atoms with Gasteiger partial charge in [-0.05, 0) is 34.9 Å². The van der Waals surface area contributed by atoms with Crippen molar-refractivity contribution in [3.8, 4) is 11.5 Å². The lowest BCUT2D eigenvalue weighted by atomic mass is 9.90. The Labute approximate surface area is 154 Å². The lowest BCUT2D eigenvalue weighted by Gasteiger charge is -2.20. The van der Waals surface area contributed by atoms with Crippen molar-refractivity contribution in [1.29, 1.82) is 0 Å². The second kappa shape index (κ2) is 6.75. The SMILES string of the molecule is O=C1C=CC(=C(c2ccc([O-])c(O)c2)c2ccccc2S(=O)(=O)O)C=C1[O-]. The molecular formula is C19H12O7S-2. The zero-order valence-electron chi connectivity index (χ0n) is 13.6. The highest BCUT2D eigenvalue weighted by molar-refractivity contribution is 7.86. The van der Waals surface area contributed by atoms with Crippen molar-refractivity contribution >= 4 is 21.5 Å². The Bertz CT molecular complexity index is 1140. The van der Waals surface area contributed by atoms with Gasteiger partial charge in [0.25, 0.3) is 10.1 Å². The fourth-order valence-corrected chi connectivity index (χ4v) is 3.41. The maximum Gasteiger partial charge on any atom is 0.295 e. The summed E-state index contributed by atoms with van der Waals surface area (Å²) in [5.74, 6) is -2.75. The van der Waals surface area contributed by atoms with Crippen molar-refractivity contribution in [2.75, 3.05) is 0 Å². The third-order valence-corrected chi connectivity index (χ3v) is 4.83. The van der Waals surface area contributed by atoms with Crippen LogP contribution in [0.4, 0.5) is 0 Å². The highest BCUT2D eigenvalue weighted by Gasteiger charge is 2.21. The number of rotatable bonds is 3. The van der Waals surface area contributed by atoms with Crippen LogP contribution in [-0.4, -0.2) is 23.9 Å².